The molecule has 2 heterocycles. The highest BCUT2D eigenvalue weighted by atomic mass is 16.5. The Morgan fingerprint density at radius 2 is 1.82 bits per heavy atom. The maximum atomic E-state index is 13.0. The van der Waals surface area contributed by atoms with Crippen LogP contribution in [-0.4, -0.2) is 43.2 Å². The normalized spacial score (nSPS) is 15.5. The summed E-state index contributed by atoms with van der Waals surface area (Å²) in [5.41, 5.74) is 2.05. The second-order valence-corrected chi connectivity index (χ2v) is 8.28. The first-order valence-electron chi connectivity index (χ1n) is 11.4. The molecule has 2 aromatic carbocycles. The summed E-state index contributed by atoms with van der Waals surface area (Å²) in [4.78, 5) is 24.0. The molecular weight excluding hydrogens is 432 g/mol. The van der Waals surface area contributed by atoms with Crippen LogP contribution in [0.2, 0.25) is 0 Å². The van der Waals surface area contributed by atoms with Gasteiger partial charge in [-0.1, -0.05) is 17.7 Å². The zero-order valence-corrected chi connectivity index (χ0v) is 19.8. The van der Waals surface area contributed by atoms with E-state index in [9.17, 15) is 4.79 Å². The number of hydrogen-bond acceptors (Lipinski definition) is 7. The van der Waals surface area contributed by atoms with E-state index in [4.69, 9.17) is 14.2 Å². The molecule has 0 aliphatic carbocycles. The van der Waals surface area contributed by atoms with Crippen LogP contribution in [0.5, 0.6) is 23.1 Å². The van der Waals surface area contributed by atoms with E-state index in [2.05, 4.69) is 20.2 Å². The van der Waals surface area contributed by atoms with Gasteiger partial charge in [0.1, 0.15) is 17.2 Å². The van der Waals surface area contributed by atoms with Crippen molar-refractivity contribution in [3.8, 4) is 23.1 Å². The minimum absolute atomic E-state index is 0.00691. The second-order valence-electron chi connectivity index (χ2n) is 8.28. The molecule has 0 bridgehead atoms. The van der Waals surface area contributed by atoms with Gasteiger partial charge in [0.2, 0.25) is 5.91 Å². The van der Waals surface area contributed by atoms with Gasteiger partial charge in [-0.25, -0.2) is 9.97 Å². The highest BCUT2D eigenvalue weighted by Crippen LogP contribution is 2.31. The molecule has 1 aliphatic rings. The van der Waals surface area contributed by atoms with Crippen LogP contribution in [0.1, 0.15) is 24.0 Å². The van der Waals surface area contributed by atoms with Crippen molar-refractivity contribution in [1.29, 1.82) is 0 Å². The third-order valence-electron chi connectivity index (χ3n) is 5.92. The summed E-state index contributed by atoms with van der Waals surface area (Å²) in [7, 11) is 3.22. The van der Waals surface area contributed by atoms with E-state index < -0.39 is 0 Å². The van der Waals surface area contributed by atoms with E-state index in [1.807, 2.05) is 49.4 Å². The summed E-state index contributed by atoms with van der Waals surface area (Å²) in [5.74, 6) is 3.03. The zero-order valence-electron chi connectivity index (χ0n) is 19.8. The molecule has 1 unspecified atom stereocenters. The zero-order chi connectivity index (χ0) is 23.9. The van der Waals surface area contributed by atoms with E-state index in [0.717, 1.165) is 30.5 Å². The number of amides is 1. The number of piperidine rings is 1. The van der Waals surface area contributed by atoms with Crippen LogP contribution < -0.4 is 24.4 Å². The van der Waals surface area contributed by atoms with E-state index in [-0.39, 0.29) is 11.8 Å². The number of aromatic nitrogens is 2. The molecule has 34 heavy (non-hydrogen) atoms. The van der Waals surface area contributed by atoms with Gasteiger partial charge in [0.25, 0.3) is 5.88 Å². The second kappa shape index (κ2) is 10.9. The Balaban J connectivity index is 1.42. The fourth-order valence-corrected chi connectivity index (χ4v) is 4.03. The summed E-state index contributed by atoms with van der Waals surface area (Å²) in [5, 5.41) is 3.06. The highest BCUT2D eigenvalue weighted by molar-refractivity contribution is 5.79. The molecule has 1 aromatic heterocycles. The summed E-state index contributed by atoms with van der Waals surface area (Å²) in [6, 6.07) is 13.4. The summed E-state index contributed by atoms with van der Waals surface area (Å²) in [6.07, 6.45) is 4.96. The molecule has 1 atom stereocenters. The Kier molecular flexibility index (Phi) is 7.47. The molecule has 1 aliphatic heterocycles. The van der Waals surface area contributed by atoms with Gasteiger partial charge in [0.15, 0.2) is 5.82 Å². The van der Waals surface area contributed by atoms with Crippen LogP contribution in [0.4, 0.5) is 5.82 Å². The predicted octanol–water partition coefficient (Wildman–Crippen LogP) is 4.13. The van der Waals surface area contributed by atoms with Gasteiger partial charge in [-0.05, 0) is 44.0 Å². The van der Waals surface area contributed by atoms with E-state index in [1.165, 1.54) is 0 Å². The number of methoxy groups -OCH3 is 2. The molecule has 8 nitrogen and oxygen atoms in total. The minimum Gasteiger partial charge on any atom is -0.497 e. The lowest BCUT2D eigenvalue weighted by atomic mass is 9.97. The van der Waals surface area contributed by atoms with Gasteiger partial charge in [0.05, 0.1) is 20.1 Å². The topological polar surface area (TPSA) is 85.8 Å². The van der Waals surface area contributed by atoms with Crippen LogP contribution in [0, 0.1) is 12.8 Å². The highest BCUT2D eigenvalue weighted by Gasteiger charge is 2.28. The van der Waals surface area contributed by atoms with Crippen molar-refractivity contribution in [2.75, 3.05) is 32.2 Å². The lowest BCUT2D eigenvalue weighted by Gasteiger charge is -2.33. The van der Waals surface area contributed by atoms with Crippen LogP contribution in [0.25, 0.3) is 0 Å². The van der Waals surface area contributed by atoms with Crippen LogP contribution in [0.3, 0.4) is 0 Å². The van der Waals surface area contributed by atoms with Gasteiger partial charge >= 0.3 is 0 Å². The van der Waals surface area contributed by atoms with Gasteiger partial charge in [-0.2, -0.15) is 0 Å². The lowest BCUT2D eigenvalue weighted by Crippen LogP contribution is -2.43. The molecule has 0 spiro atoms. The fourth-order valence-electron chi connectivity index (χ4n) is 4.03. The maximum Gasteiger partial charge on any atom is 0.263 e. The molecule has 3 aromatic rings. The van der Waals surface area contributed by atoms with E-state index in [0.29, 0.717) is 42.0 Å². The number of benzene rings is 2. The molecule has 0 saturated carbocycles. The quantitative estimate of drug-likeness (QED) is 0.539. The number of nitrogens with one attached hydrogen (secondary N) is 1. The van der Waals surface area contributed by atoms with Crippen molar-refractivity contribution in [2.45, 2.75) is 26.3 Å². The Labute approximate surface area is 199 Å². The Hall–Kier alpha value is -3.81. The number of rotatable bonds is 8. The van der Waals surface area contributed by atoms with Crippen LogP contribution in [-0.2, 0) is 11.3 Å². The summed E-state index contributed by atoms with van der Waals surface area (Å²) in [6.45, 7) is 3.75. The van der Waals surface area contributed by atoms with Gasteiger partial charge in [-0.3, -0.25) is 4.79 Å². The number of anilines is 1. The Bertz CT molecular complexity index is 1120. The van der Waals surface area contributed by atoms with E-state index >= 15 is 0 Å². The number of aryl methyl sites for hydroxylation is 1. The third-order valence-corrected chi connectivity index (χ3v) is 5.92. The van der Waals surface area contributed by atoms with Gasteiger partial charge in [0, 0.05) is 43.7 Å². The Morgan fingerprint density at radius 3 is 2.59 bits per heavy atom. The standard InChI is InChI=1S/C26H30N4O4/c1-18-6-9-21(10-7-18)34-26-24(27-12-13-28-26)30-14-4-5-20(17-30)25(31)29-16-19-8-11-22(32-2)15-23(19)33-3/h6-13,15,20H,4-5,14,16-17H2,1-3H3,(H,29,31). The first kappa shape index (κ1) is 23.4. The lowest BCUT2D eigenvalue weighted by molar-refractivity contribution is -0.125. The smallest absolute Gasteiger partial charge is 0.263 e. The van der Waals surface area contributed by atoms with Crippen LogP contribution in [0.15, 0.2) is 54.9 Å². The summed E-state index contributed by atoms with van der Waals surface area (Å²) >= 11 is 0. The number of ether oxygens (including phenoxy) is 3. The van der Waals surface area contributed by atoms with Crippen molar-refractivity contribution in [3.63, 3.8) is 0 Å². The van der Waals surface area contributed by atoms with Crippen molar-refractivity contribution >= 4 is 11.7 Å². The number of carbonyl (C=O) groups is 1. The van der Waals surface area contributed by atoms with Crippen molar-refractivity contribution in [1.82, 2.24) is 15.3 Å². The fraction of sp³-hybridized carbons (Fsp3) is 0.346. The van der Waals surface area contributed by atoms with E-state index in [1.54, 1.807) is 26.6 Å². The maximum absolute atomic E-state index is 13.0. The van der Waals surface area contributed by atoms with Crippen molar-refractivity contribution in [3.05, 3.63) is 66.0 Å². The molecule has 1 fully saturated rings. The average molecular weight is 463 g/mol. The predicted molar refractivity (Wildman–Crippen MR) is 130 cm³/mol. The molecule has 1 N–H and O–H groups in total. The van der Waals surface area contributed by atoms with Gasteiger partial charge in [-0.15, -0.1) is 0 Å². The van der Waals surface area contributed by atoms with Crippen molar-refractivity contribution in [2.24, 2.45) is 5.92 Å². The molecule has 0 radical (unpaired) electrons. The first-order chi connectivity index (χ1) is 16.6. The van der Waals surface area contributed by atoms with Gasteiger partial charge < -0.3 is 24.4 Å². The number of carbonyl (C=O) groups excluding carboxylic acids is 1. The summed E-state index contributed by atoms with van der Waals surface area (Å²) < 4.78 is 16.7. The van der Waals surface area contributed by atoms with Crippen LogP contribution >= 0.6 is 0 Å². The molecular formula is C26H30N4O4. The molecule has 4 rings (SSSR count). The molecule has 8 heteroatoms. The average Bonchev–Trinajstić information content (AvgIpc) is 2.89. The Morgan fingerprint density at radius 1 is 1.06 bits per heavy atom. The molecule has 1 saturated heterocycles. The largest absolute Gasteiger partial charge is 0.497 e. The minimum atomic E-state index is -0.160. The third kappa shape index (κ3) is 5.57. The molecule has 1 amide bonds. The molecule has 178 valence electrons. The monoisotopic (exact) mass is 462 g/mol. The number of hydrogen-bond donors (Lipinski definition) is 1. The van der Waals surface area contributed by atoms with Crippen molar-refractivity contribution < 1.29 is 19.0 Å². The SMILES string of the molecule is COc1ccc(CNC(=O)C2CCCN(c3nccnc3Oc3ccc(C)cc3)C2)c(OC)c1. The first-order valence-corrected chi connectivity index (χ1v) is 11.4. The number of nitrogens with zero attached hydrogens (tertiary/aromatic N) is 3.